The molecule has 0 radical (unpaired) electrons. The largest absolute Gasteiger partial charge is 0.459 e. The van der Waals surface area contributed by atoms with E-state index in [-0.39, 0.29) is 11.4 Å². The van der Waals surface area contributed by atoms with E-state index in [4.69, 9.17) is 10.5 Å². The van der Waals surface area contributed by atoms with E-state index in [2.05, 4.69) is 5.32 Å². The van der Waals surface area contributed by atoms with Gasteiger partial charge in [-0.25, -0.2) is 8.42 Å². The molecule has 128 valence electrons. The minimum Gasteiger partial charge on any atom is -0.459 e. The highest BCUT2D eigenvalue weighted by Crippen LogP contribution is 2.19. The van der Waals surface area contributed by atoms with Gasteiger partial charge in [-0.15, -0.1) is 0 Å². The first-order valence-corrected chi connectivity index (χ1v) is 8.85. The topological polar surface area (TPSA) is 102 Å². The van der Waals surface area contributed by atoms with Crippen molar-refractivity contribution in [3.05, 3.63) is 24.3 Å². The number of hydrogen-bond acceptors (Lipinski definition) is 6. The zero-order chi connectivity index (χ0) is 17.3. The van der Waals surface area contributed by atoms with Gasteiger partial charge in [-0.05, 0) is 45.0 Å². The summed E-state index contributed by atoms with van der Waals surface area (Å²) in [5, 5.41) is 3.00. The van der Waals surface area contributed by atoms with Crippen LogP contribution in [0.4, 0.5) is 5.69 Å². The molecule has 0 aromatic heterocycles. The first-order valence-electron chi connectivity index (χ1n) is 7.41. The van der Waals surface area contributed by atoms with Crippen molar-refractivity contribution >= 4 is 21.7 Å². The van der Waals surface area contributed by atoms with Gasteiger partial charge in [0, 0.05) is 25.3 Å². The number of hydrogen-bond donors (Lipinski definition) is 2. The molecular weight excluding hydrogens is 318 g/mol. The molecule has 8 heteroatoms. The summed E-state index contributed by atoms with van der Waals surface area (Å²) in [6.07, 6.45) is 0. The summed E-state index contributed by atoms with van der Waals surface area (Å²) < 4.78 is 31.9. The van der Waals surface area contributed by atoms with Crippen LogP contribution in [0.1, 0.15) is 20.8 Å². The van der Waals surface area contributed by atoms with E-state index in [1.54, 1.807) is 32.9 Å². The molecule has 1 aliphatic heterocycles. The summed E-state index contributed by atoms with van der Waals surface area (Å²) in [6, 6.07) is 5.34. The van der Waals surface area contributed by atoms with Gasteiger partial charge < -0.3 is 15.8 Å². The minimum absolute atomic E-state index is 0.0433. The van der Waals surface area contributed by atoms with E-state index >= 15 is 0 Å². The SMILES string of the molecule is CC(C)(C)OC(=O)[C@@H]1CN(S(=O)(=O)c2ccc(N)cc2)CCN1. The molecule has 1 saturated heterocycles. The highest BCUT2D eigenvalue weighted by molar-refractivity contribution is 7.89. The fraction of sp³-hybridized carbons (Fsp3) is 0.533. The molecule has 2 rings (SSSR count). The Kier molecular flexibility index (Phi) is 4.98. The van der Waals surface area contributed by atoms with Crippen molar-refractivity contribution in [2.75, 3.05) is 25.4 Å². The van der Waals surface area contributed by atoms with E-state index in [1.165, 1.54) is 16.4 Å². The van der Waals surface area contributed by atoms with Crippen LogP contribution < -0.4 is 11.1 Å². The van der Waals surface area contributed by atoms with Gasteiger partial charge in [0.15, 0.2) is 0 Å². The van der Waals surface area contributed by atoms with E-state index in [9.17, 15) is 13.2 Å². The summed E-state index contributed by atoms with van der Waals surface area (Å²) in [7, 11) is -3.66. The van der Waals surface area contributed by atoms with Crippen LogP contribution in [0.25, 0.3) is 0 Å². The van der Waals surface area contributed by atoms with Crippen molar-refractivity contribution in [2.24, 2.45) is 0 Å². The number of carbonyl (C=O) groups is 1. The summed E-state index contributed by atoms with van der Waals surface area (Å²) in [4.78, 5) is 12.3. The molecule has 0 aliphatic carbocycles. The number of piperazine rings is 1. The Balaban J connectivity index is 2.14. The van der Waals surface area contributed by atoms with E-state index in [0.717, 1.165) is 0 Å². The molecule has 1 aromatic rings. The van der Waals surface area contributed by atoms with Gasteiger partial charge >= 0.3 is 5.97 Å². The second kappa shape index (κ2) is 6.46. The van der Waals surface area contributed by atoms with Crippen LogP contribution in [0, 0.1) is 0 Å². The fourth-order valence-electron chi connectivity index (χ4n) is 2.26. The fourth-order valence-corrected chi connectivity index (χ4v) is 3.72. The number of benzene rings is 1. The molecule has 0 saturated carbocycles. The molecule has 1 aromatic carbocycles. The van der Waals surface area contributed by atoms with Gasteiger partial charge in [-0.2, -0.15) is 4.31 Å². The monoisotopic (exact) mass is 341 g/mol. The second-order valence-corrected chi connectivity index (χ2v) is 8.41. The molecule has 1 atom stereocenters. The molecule has 0 spiro atoms. The normalized spacial score (nSPS) is 20.2. The van der Waals surface area contributed by atoms with Crippen LogP contribution in [-0.2, 0) is 19.6 Å². The molecule has 3 N–H and O–H groups in total. The molecule has 23 heavy (non-hydrogen) atoms. The lowest BCUT2D eigenvalue weighted by molar-refractivity contribution is -0.158. The Morgan fingerprint density at radius 2 is 1.91 bits per heavy atom. The molecule has 0 amide bonds. The number of rotatable bonds is 3. The molecule has 1 heterocycles. The van der Waals surface area contributed by atoms with Crippen LogP contribution >= 0.6 is 0 Å². The lowest BCUT2D eigenvalue weighted by Gasteiger charge is -2.33. The molecule has 7 nitrogen and oxygen atoms in total. The number of nitrogens with two attached hydrogens (primary N) is 1. The lowest BCUT2D eigenvalue weighted by Crippen LogP contribution is -2.56. The van der Waals surface area contributed by atoms with Gasteiger partial charge in [0.25, 0.3) is 0 Å². The maximum atomic E-state index is 12.7. The summed E-state index contributed by atoms with van der Waals surface area (Å²) in [6.45, 7) is 6.05. The average Bonchev–Trinajstić information content (AvgIpc) is 2.46. The Morgan fingerprint density at radius 1 is 1.30 bits per heavy atom. The van der Waals surface area contributed by atoms with E-state index in [0.29, 0.717) is 18.8 Å². The molecule has 1 fully saturated rings. The predicted octanol–water partition coefficient (Wildman–Crippen LogP) is 0.573. The highest BCUT2D eigenvalue weighted by Gasteiger charge is 2.35. The van der Waals surface area contributed by atoms with Crippen molar-refractivity contribution < 1.29 is 17.9 Å². The van der Waals surface area contributed by atoms with Gasteiger partial charge in [0.1, 0.15) is 11.6 Å². The molecule has 1 aliphatic rings. The predicted molar refractivity (Wildman–Crippen MR) is 87.2 cm³/mol. The second-order valence-electron chi connectivity index (χ2n) is 6.47. The van der Waals surface area contributed by atoms with Crippen molar-refractivity contribution in [1.29, 1.82) is 0 Å². The number of nitrogen functional groups attached to an aromatic ring is 1. The van der Waals surface area contributed by atoms with Crippen LogP contribution in [0.2, 0.25) is 0 Å². The Labute approximate surface area is 136 Å². The number of nitrogens with one attached hydrogen (secondary N) is 1. The zero-order valence-corrected chi connectivity index (χ0v) is 14.4. The number of ether oxygens (including phenoxy) is 1. The number of anilines is 1. The van der Waals surface area contributed by atoms with Crippen LogP contribution in [0.5, 0.6) is 0 Å². The minimum atomic E-state index is -3.66. The van der Waals surface area contributed by atoms with Gasteiger partial charge in [0.05, 0.1) is 4.90 Å². The van der Waals surface area contributed by atoms with E-state index < -0.39 is 27.6 Å². The molecular formula is C15H23N3O4S. The maximum Gasteiger partial charge on any atom is 0.325 e. The smallest absolute Gasteiger partial charge is 0.325 e. The third-order valence-corrected chi connectivity index (χ3v) is 5.23. The van der Waals surface area contributed by atoms with Crippen LogP contribution in [0.3, 0.4) is 0 Å². The third-order valence-electron chi connectivity index (χ3n) is 3.35. The molecule has 0 unspecified atom stereocenters. The maximum absolute atomic E-state index is 12.7. The average molecular weight is 341 g/mol. The lowest BCUT2D eigenvalue weighted by atomic mass is 10.2. The molecule has 0 bridgehead atoms. The number of sulfonamides is 1. The first-order chi connectivity index (χ1) is 10.6. The van der Waals surface area contributed by atoms with Crippen LogP contribution in [-0.4, -0.2) is 50.0 Å². The van der Waals surface area contributed by atoms with Gasteiger partial charge in [0.2, 0.25) is 10.0 Å². The quantitative estimate of drug-likeness (QED) is 0.616. The number of nitrogens with zero attached hydrogens (tertiary/aromatic N) is 1. The summed E-state index contributed by atoms with van der Waals surface area (Å²) in [5.74, 6) is -0.449. The Bertz CT molecular complexity index is 665. The zero-order valence-electron chi connectivity index (χ0n) is 13.6. The highest BCUT2D eigenvalue weighted by atomic mass is 32.2. The third kappa shape index (κ3) is 4.43. The van der Waals surface area contributed by atoms with E-state index in [1.807, 2.05) is 0 Å². The standard InChI is InChI=1S/C15H23N3O4S/c1-15(2,3)22-14(19)13-10-18(9-8-17-13)23(20,21)12-6-4-11(16)5-7-12/h4-7,13,17H,8-10,16H2,1-3H3/t13-/m0/s1. The number of esters is 1. The van der Waals surface area contributed by atoms with Crippen LogP contribution in [0.15, 0.2) is 29.2 Å². The number of carbonyl (C=O) groups excluding carboxylic acids is 1. The van der Waals surface area contributed by atoms with Crippen molar-refractivity contribution in [1.82, 2.24) is 9.62 Å². The first kappa shape index (κ1) is 17.7. The summed E-state index contributed by atoms with van der Waals surface area (Å²) >= 11 is 0. The van der Waals surface area contributed by atoms with Crippen molar-refractivity contribution in [3.63, 3.8) is 0 Å². The van der Waals surface area contributed by atoms with Crippen molar-refractivity contribution in [3.8, 4) is 0 Å². The van der Waals surface area contributed by atoms with Crippen molar-refractivity contribution in [2.45, 2.75) is 37.3 Å². The Hall–Kier alpha value is -1.64. The van der Waals surface area contributed by atoms with Gasteiger partial charge in [-0.3, -0.25) is 4.79 Å². The Morgan fingerprint density at radius 3 is 2.48 bits per heavy atom. The summed E-state index contributed by atoms with van der Waals surface area (Å²) in [5.41, 5.74) is 5.47. The van der Waals surface area contributed by atoms with Gasteiger partial charge in [-0.1, -0.05) is 0 Å².